The maximum Gasteiger partial charge on any atom is 0.514 e. The van der Waals surface area contributed by atoms with Crippen molar-refractivity contribution in [3.05, 3.63) is 69.6 Å². The molecule has 0 amide bonds. The van der Waals surface area contributed by atoms with Crippen LogP contribution in [0.5, 0.6) is 11.5 Å². The van der Waals surface area contributed by atoms with Crippen LogP contribution in [0.4, 0.5) is 9.59 Å². The van der Waals surface area contributed by atoms with Crippen molar-refractivity contribution in [3.63, 3.8) is 0 Å². The van der Waals surface area contributed by atoms with Gasteiger partial charge in [0.2, 0.25) is 0 Å². The van der Waals surface area contributed by atoms with Crippen LogP contribution in [0.25, 0.3) is 32.7 Å². The predicted octanol–water partition coefficient (Wildman–Crippen LogP) is 13.1. The van der Waals surface area contributed by atoms with E-state index in [1.807, 2.05) is 48.5 Å². The Morgan fingerprint density at radius 2 is 0.980 bits per heavy atom. The van der Waals surface area contributed by atoms with Crippen molar-refractivity contribution in [2.45, 2.75) is 92.3 Å². The highest BCUT2D eigenvalue weighted by Crippen LogP contribution is 2.47. The molecule has 0 bridgehead atoms. The highest BCUT2D eigenvalue weighted by molar-refractivity contribution is 9.10. The molecule has 50 heavy (non-hydrogen) atoms. The third-order valence-electron chi connectivity index (χ3n) is 10.9. The molecule has 4 aromatic carbocycles. The molecule has 0 N–H and O–H groups in total. The van der Waals surface area contributed by atoms with Gasteiger partial charge in [0.1, 0.15) is 23.7 Å². The monoisotopic (exact) mass is 806 g/mol. The van der Waals surface area contributed by atoms with Crippen molar-refractivity contribution in [1.82, 2.24) is 0 Å². The SMILES string of the molecule is CC(C)[C@@H]1CC[C@@H](C)C[C@H]1OC(=O)Oc1ccc2ccc(Br)cc2c1-c1c(OC(=O)O[C@@H]2C[C@H](C)CC[C@H]2C(C)C)ccc2ccc(Br)cc12. The minimum atomic E-state index is -0.736. The van der Waals surface area contributed by atoms with Crippen molar-refractivity contribution < 1.29 is 28.5 Å². The van der Waals surface area contributed by atoms with E-state index in [4.69, 9.17) is 18.9 Å². The Labute approximate surface area is 312 Å². The van der Waals surface area contributed by atoms with Crippen LogP contribution in [0.15, 0.2) is 69.6 Å². The molecule has 0 aliphatic heterocycles. The third-order valence-corrected chi connectivity index (χ3v) is 11.9. The van der Waals surface area contributed by atoms with Gasteiger partial charge in [0.15, 0.2) is 0 Å². The van der Waals surface area contributed by atoms with E-state index in [9.17, 15) is 9.59 Å². The molecule has 8 heteroatoms. The highest BCUT2D eigenvalue weighted by Gasteiger charge is 2.36. The summed E-state index contributed by atoms with van der Waals surface area (Å²) >= 11 is 7.32. The number of fused-ring (bicyclic) bond motifs is 2. The second-order valence-corrected chi connectivity index (χ2v) is 17.1. The smallest absolute Gasteiger partial charge is 0.430 e. The minimum absolute atomic E-state index is 0.219. The molecule has 2 fully saturated rings. The fourth-order valence-electron chi connectivity index (χ4n) is 8.20. The summed E-state index contributed by atoms with van der Waals surface area (Å²) in [5.41, 5.74) is 1.24. The maximum absolute atomic E-state index is 13.7. The summed E-state index contributed by atoms with van der Waals surface area (Å²) in [4.78, 5) is 27.4. The fraction of sp³-hybridized carbons (Fsp3) is 0.476. The largest absolute Gasteiger partial charge is 0.514 e. The first kappa shape index (κ1) is 36.7. The lowest BCUT2D eigenvalue weighted by Crippen LogP contribution is -2.36. The summed E-state index contributed by atoms with van der Waals surface area (Å²) in [5, 5.41) is 3.51. The number of ether oxygens (including phenoxy) is 4. The van der Waals surface area contributed by atoms with Crippen molar-refractivity contribution in [3.8, 4) is 22.6 Å². The Hall–Kier alpha value is -3.10. The van der Waals surface area contributed by atoms with E-state index in [0.29, 0.717) is 46.3 Å². The molecular weight excluding hydrogens is 760 g/mol. The highest BCUT2D eigenvalue weighted by atomic mass is 79.9. The maximum atomic E-state index is 13.7. The average molecular weight is 809 g/mol. The van der Waals surface area contributed by atoms with Gasteiger partial charge in [-0.1, -0.05) is 111 Å². The van der Waals surface area contributed by atoms with Crippen LogP contribution in [0.3, 0.4) is 0 Å². The molecule has 2 aliphatic rings. The molecule has 0 radical (unpaired) electrons. The molecule has 266 valence electrons. The summed E-state index contributed by atoms with van der Waals surface area (Å²) in [6.07, 6.45) is 4.00. The predicted molar refractivity (Wildman–Crippen MR) is 207 cm³/mol. The number of carbonyl (C=O) groups excluding carboxylic acids is 2. The number of rotatable bonds is 7. The van der Waals surface area contributed by atoms with Crippen LogP contribution in [0.2, 0.25) is 0 Å². The van der Waals surface area contributed by atoms with Crippen molar-refractivity contribution in [2.75, 3.05) is 0 Å². The van der Waals surface area contributed by atoms with Gasteiger partial charge in [-0.05, 0) is 119 Å². The van der Waals surface area contributed by atoms with E-state index in [2.05, 4.69) is 73.4 Å². The Balaban J connectivity index is 1.43. The lowest BCUT2D eigenvalue weighted by Gasteiger charge is -2.36. The van der Waals surface area contributed by atoms with Gasteiger partial charge in [-0.25, -0.2) is 9.59 Å². The Morgan fingerprint density at radius 3 is 1.36 bits per heavy atom. The van der Waals surface area contributed by atoms with Crippen molar-refractivity contribution in [2.24, 2.45) is 35.5 Å². The van der Waals surface area contributed by atoms with Gasteiger partial charge >= 0.3 is 12.3 Å². The van der Waals surface area contributed by atoms with Crippen LogP contribution >= 0.6 is 31.9 Å². The zero-order chi connectivity index (χ0) is 35.7. The molecule has 4 aromatic rings. The van der Waals surface area contributed by atoms with Crippen LogP contribution in [0.1, 0.15) is 80.1 Å². The van der Waals surface area contributed by atoms with Crippen LogP contribution in [0, 0.1) is 35.5 Å². The Bertz CT molecular complexity index is 1730. The molecule has 6 nitrogen and oxygen atoms in total. The molecule has 0 spiro atoms. The molecular formula is C42H48Br2O6. The van der Waals surface area contributed by atoms with E-state index in [1.54, 1.807) is 12.1 Å². The first-order chi connectivity index (χ1) is 23.9. The lowest BCUT2D eigenvalue weighted by molar-refractivity contribution is -0.0145. The first-order valence-corrected chi connectivity index (χ1v) is 19.7. The van der Waals surface area contributed by atoms with E-state index >= 15 is 0 Å². The Morgan fingerprint density at radius 1 is 0.600 bits per heavy atom. The average Bonchev–Trinajstić information content (AvgIpc) is 3.04. The first-order valence-electron chi connectivity index (χ1n) is 18.1. The summed E-state index contributed by atoms with van der Waals surface area (Å²) in [5.74, 6) is 2.89. The van der Waals surface area contributed by atoms with Gasteiger partial charge < -0.3 is 18.9 Å². The summed E-state index contributed by atoms with van der Waals surface area (Å²) in [7, 11) is 0. The molecule has 2 aliphatic carbocycles. The van der Waals surface area contributed by atoms with Gasteiger partial charge in [0.05, 0.1) is 0 Å². The van der Waals surface area contributed by atoms with Gasteiger partial charge in [-0.2, -0.15) is 0 Å². The second kappa shape index (κ2) is 15.6. The van der Waals surface area contributed by atoms with Gasteiger partial charge in [-0.15, -0.1) is 0 Å². The summed E-state index contributed by atoms with van der Waals surface area (Å²) in [6, 6.07) is 19.4. The molecule has 6 atom stereocenters. The zero-order valence-electron chi connectivity index (χ0n) is 29.8. The molecule has 0 unspecified atom stereocenters. The number of hydrogen-bond acceptors (Lipinski definition) is 6. The quantitative estimate of drug-likeness (QED) is 0.137. The van der Waals surface area contributed by atoms with E-state index in [0.717, 1.165) is 69.0 Å². The van der Waals surface area contributed by atoms with Gasteiger partial charge in [0.25, 0.3) is 0 Å². The minimum Gasteiger partial charge on any atom is -0.430 e. The Kier molecular flexibility index (Phi) is 11.5. The molecule has 0 heterocycles. The number of hydrogen-bond donors (Lipinski definition) is 0. The third kappa shape index (κ3) is 8.17. The van der Waals surface area contributed by atoms with Crippen LogP contribution < -0.4 is 9.47 Å². The zero-order valence-corrected chi connectivity index (χ0v) is 33.0. The topological polar surface area (TPSA) is 71.1 Å². The standard InChI is InChI=1S/C42H48Br2O6/c1-23(2)31-15-7-25(5)19-37(31)49-41(45)47-35-17-11-27-9-13-29(43)21-33(27)39(35)40-34-22-30(44)14-10-28(34)12-18-36(40)48-42(46)50-38-20-26(6)8-16-32(38)24(3)4/h9-14,17-18,21-26,31-32,37-38H,7-8,15-16,19-20H2,1-6H3/t25-,26-,31+,32+,37-,38-/m1/s1. The molecule has 6 rings (SSSR count). The van der Waals surface area contributed by atoms with Crippen molar-refractivity contribution >= 4 is 65.7 Å². The van der Waals surface area contributed by atoms with Crippen molar-refractivity contribution in [1.29, 1.82) is 0 Å². The van der Waals surface area contributed by atoms with Gasteiger partial charge in [0, 0.05) is 20.1 Å². The molecule has 0 saturated heterocycles. The number of halogens is 2. The normalized spacial score (nSPS) is 24.0. The lowest BCUT2D eigenvalue weighted by atomic mass is 9.75. The number of benzene rings is 4. The number of carbonyl (C=O) groups is 2. The second-order valence-electron chi connectivity index (χ2n) is 15.3. The fourth-order valence-corrected chi connectivity index (χ4v) is 8.93. The van der Waals surface area contributed by atoms with E-state index in [-0.39, 0.29) is 24.0 Å². The van der Waals surface area contributed by atoms with Crippen LogP contribution in [-0.4, -0.2) is 24.5 Å². The summed E-state index contributed by atoms with van der Waals surface area (Å²) in [6.45, 7) is 13.2. The van der Waals surface area contributed by atoms with E-state index in [1.165, 1.54) is 0 Å². The van der Waals surface area contributed by atoms with Gasteiger partial charge in [-0.3, -0.25) is 0 Å². The molecule has 2 saturated carbocycles. The van der Waals surface area contributed by atoms with Crippen LogP contribution in [-0.2, 0) is 9.47 Å². The summed E-state index contributed by atoms with van der Waals surface area (Å²) < 4.78 is 26.3. The van der Waals surface area contributed by atoms with E-state index < -0.39 is 12.3 Å². The molecule has 0 aromatic heterocycles.